The minimum atomic E-state index is -0.0494. The molecule has 0 unspecified atom stereocenters. The number of para-hydroxylation sites is 1. The van der Waals surface area contributed by atoms with Crippen LogP contribution in [-0.4, -0.2) is 22.9 Å². The minimum Gasteiger partial charge on any atom is -0.287 e. The number of rotatable bonds is 5. The molecule has 27 heavy (non-hydrogen) atoms. The van der Waals surface area contributed by atoms with Gasteiger partial charge in [-0.05, 0) is 31.2 Å². The maximum atomic E-state index is 13.1. The minimum absolute atomic E-state index is 0.0494. The lowest BCUT2D eigenvalue weighted by Gasteiger charge is -2.16. The zero-order valence-electron chi connectivity index (χ0n) is 14.9. The predicted octanol–water partition coefficient (Wildman–Crippen LogP) is 5.63. The summed E-state index contributed by atoms with van der Waals surface area (Å²) < 4.78 is 1.08. The number of benzene rings is 2. The number of aromatic nitrogens is 2. The van der Waals surface area contributed by atoms with Crippen LogP contribution in [0.25, 0.3) is 10.2 Å². The van der Waals surface area contributed by atoms with Gasteiger partial charge in [0.25, 0.3) is 5.91 Å². The third kappa shape index (κ3) is 3.90. The van der Waals surface area contributed by atoms with E-state index in [4.69, 9.17) is 0 Å². The molecule has 0 atom stereocenters. The second-order valence-electron chi connectivity index (χ2n) is 5.97. The van der Waals surface area contributed by atoms with E-state index in [0.29, 0.717) is 10.7 Å². The number of anilines is 1. The molecule has 0 bridgehead atoms. The quantitative estimate of drug-likeness (QED) is 0.399. The summed E-state index contributed by atoms with van der Waals surface area (Å²) in [7, 11) is 1.78. The van der Waals surface area contributed by atoms with Gasteiger partial charge < -0.3 is 0 Å². The molecule has 0 aliphatic carbocycles. The van der Waals surface area contributed by atoms with Crippen molar-refractivity contribution in [3.63, 3.8) is 0 Å². The number of aryl methyl sites for hydroxylation is 1. The van der Waals surface area contributed by atoms with Crippen molar-refractivity contribution in [2.45, 2.75) is 17.6 Å². The molecule has 0 radical (unpaired) electrons. The molecule has 0 saturated heterocycles. The van der Waals surface area contributed by atoms with Crippen molar-refractivity contribution in [2.75, 3.05) is 11.9 Å². The van der Waals surface area contributed by atoms with Crippen molar-refractivity contribution in [1.82, 2.24) is 9.97 Å². The highest BCUT2D eigenvalue weighted by Crippen LogP contribution is 2.31. The van der Waals surface area contributed by atoms with E-state index in [1.54, 1.807) is 35.0 Å². The first kappa shape index (κ1) is 18.2. The molecule has 0 aliphatic rings. The largest absolute Gasteiger partial charge is 0.287 e. The number of nitrogens with zero attached hydrogens (tertiary/aromatic N) is 3. The Labute approximate surface area is 169 Å². The molecule has 2 aromatic carbocycles. The molecular weight excluding hydrogens is 394 g/mol. The van der Waals surface area contributed by atoms with Crippen LogP contribution in [0.4, 0.5) is 5.13 Å². The van der Waals surface area contributed by atoms with Gasteiger partial charge in [0.05, 0.1) is 26.5 Å². The highest BCUT2D eigenvalue weighted by Gasteiger charge is 2.20. The Morgan fingerprint density at radius 2 is 1.89 bits per heavy atom. The van der Waals surface area contributed by atoms with Crippen LogP contribution in [0.1, 0.15) is 21.1 Å². The maximum absolute atomic E-state index is 13.1. The van der Waals surface area contributed by atoms with Crippen LogP contribution in [0.3, 0.4) is 0 Å². The Morgan fingerprint density at radius 1 is 1.11 bits per heavy atom. The van der Waals surface area contributed by atoms with Crippen molar-refractivity contribution >= 4 is 55.7 Å². The van der Waals surface area contributed by atoms with E-state index in [9.17, 15) is 4.79 Å². The van der Waals surface area contributed by atoms with Crippen LogP contribution < -0.4 is 4.90 Å². The Morgan fingerprint density at radius 3 is 2.67 bits per heavy atom. The highest BCUT2D eigenvalue weighted by atomic mass is 32.2. The fourth-order valence-corrected chi connectivity index (χ4v) is 5.25. The number of thioether (sulfide) groups is 1. The van der Waals surface area contributed by atoms with Crippen molar-refractivity contribution in [1.29, 1.82) is 0 Å². The molecular formula is C20H17N3OS3. The normalized spacial score (nSPS) is 11.0. The van der Waals surface area contributed by atoms with E-state index in [2.05, 4.69) is 15.3 Å². The number of fused-ring (bicyclic) bond motifs is 1. The van der Waals surface area contributed by atoms with E-state index in [1.165, 1.54) is 11.3 Å². The predicted molar refractivity (Wildman–Crippen MR) is 115 cm³/mol. The average molecular weight is 412 g/mol. The van der Waals surface area contributed by atoms with Gasteiger partial charge in [-0.1, -0.05) is 35.6 Å². The molecule has 1 amide bonds. The van der Waals surface area contributed by atoms with E-state index in [1.807, 2.05) is 55.5 Å². The van der Waals surface area contributed by atoms with Crippen LogP contribution in [0.15, 0.2) is 58.8 Å². The molecule has 4 nitrogen and oxygen atoms in total. The third-order valence-corrected chi connectivity index (χ3v) is 7.08. The summed E-state index contributed by atoms with van der Waals surface area (Å²) >= 11 is 4.81. The number of thiazole rings is 2. The lowest BCUT2D eigenvalue weighted by atomic mass is 10.2. The Balaban J connectivity index is 1.57. The number of carbonyl (C=O) groups excluding carboxylic acids is 1. The summed E-state index contributed by atoms with van der Waals surface area (Å²) in [4.78, 5) is 24.8. The van der Waals surface area contributed by atoms with Crippen molar-refractivity contribution < 1.29 is 4.79 Å². The van der Waals surface area contributed by atoms with E-state index >= 15 is 0 Å². The van der Waals surface area contributed by atoms with E-state index in [0.717, 1.165) is 31.6 Å². The van der Waals surface area contributed by atoms with Gasteiger partial charge in [0.2, 0.25) is 0 Å². The SMILES string of the molecule is Cc1nc(CSc2ccccc2C(=O)N(C)c2nc3ccccc3s2)cs1. The zero-order chi connectivity index (χ0) is 18.8. The summed E-state index contributed by atoms with van der Waals surface area (Å²) in [6.07, 6.45) is 0. The van der Waals surface area contributed by atoms with Crippen molar-refractivity contribution in [3.8, 4) is 0 Å². The fourth-order valence-electron chi connectivity index (χ4n) is 2.67. The van der Waals surface area contributed by atoms with Crippen LogP contribution in [0.5, 0.6) is 0 Å². The van der Waals surface area contributed by atoms with Gasteiger partial charge in [0.15, 0.2) is 5.13 Å². The van der Waals surface area contributed by atoms with Crippen LogP contribution in [0, 0.1) is 6.92 Å². The standard InChI is InChI=1S/C20H17N3OS3/c1-13-21-14(11-25-13)12-26-17-9-5-3-7-15(17)19(24)23(2)20-22-16-8-4-6-10-18(16)27-20/h3-11H,12H2,1-2H3. The first-order valence-corrected chi connectivity index (χ1v) is 11.1. The molecule has 4 aromatic rings. The summed E-state index contributed by atoms with van der Waals surface area (Å²) in [6.45, 7) is 2.00. The summed E-state index contributed by atoms with van der Waals surface area (Å²) in [5.41, 5.74) is 2.65. The number of hydrogen-bond donors (Lipinski definition) is 0. The number of amides is 1. The van der Waals surface area contributed by atoms with Gasteiger partial charge in [-0.25, -0.2) is 9.97 Å². The molecule has 0 aliphatic heterocycles. The van der Waals surface area contributed by atoms with Crippen molar-refractivity contribution in [3.05, 3.63) is 70.2 Å². The van der Waals surface area contributed by atoms with Gasteiger partial charge in [-0.3, -0.25) is 9.69 Å². The molecule has 2 heterocycles. The molecule has 0 saturated carbocycles. The lowest BCUT2D eigenvalue weighted by molar-refractivity contribution is 0.0990. The highest BCUT2D eigenvalue weighted by molar-refractivity contribution is 7.98. The van der Waals surface area contributed by atoms with Gasteiger partial charge in [-0.15, -0.1) is 23.1 Å². The van der Waals surface area contributed by atoms with Crippen LogP contribution >= 0.6 is 34.4 Å². The smallest absolute Gasteiger partial charge is 0.260 e. The Bertz CT molecular complexity index is 1070. The fraction of sp³-hybridized carbons (Fsp3) is 0.150. The molecule has 0 fully saturated rings. The molecule has 136 valence electrons. The summed E-state index contributed by atoms with van der Waals surface area (Å²) in [5, 5.41) is 3.83. The third-order valence-electron chi connectivity index (χ3n) is 4.03. The van der Waals surface area contributed by atoms with Gasteiger partial charge in [0, 0.05) is 23.1 Å². The van der Waals surface area contributed by atoms with E-state index in [-0.39, 0.29) is 5.91 Å². The van der Waals surface area contributed by atoms with Crippen LogP contribution in [-0.2, 0) is 5.75 Å². The Kier molecular flexibility index (Phi) is 5.24. The zero-order valence-corrected chi connectivity index (χ0v) is 17.3. The first-order chi connectivity index (χ1) is 13.1. The topological polar surface area (TPSA) is 46.1 Å². The maximum Gasteiger partial charge on any atom is 0.260 e. The summed E-state index contributed by atoms with van der Waals surface area (Å²) in [5.74, 6) is 0.700. The second kappa shape index (κ2) is 7.80. The van der Waals surface area contributed by atoms with Gasteiger partial charge in [-0.2, -0.15) is 0 Å². The lowest BCUT2D eigenvalue weighted by Crippen LogP contribution is -2.26. The molecule has 0 N–H and O–H groups in total. The molecule has 7 heteroatoms. The second-order valence-corrected chi connectivity index (χ2v) is 9.06. The number of carbonyl (C=O) groups is 1. The molecule has 2 aromatic heterocycles. The molecule has 4 rings (SSSR count). The average Bonchev–Trinajstić information content (AvgIpc) is 3.31. The van der Waals surface area contributed by atoms with Gasteiger partial charge >= 0.3 is 0 Å². The summed E-state index contributed by atoms with van der Waals surface area (Å²) in [6, 6.07) is 15.7. The monoisotopic (exact) mass is 411 g/mol. The first-order valence-electron chi connectivity index (χ1n) is 8.38. The van der Waals surface area contributed by atoms with E-state index < -0.39 is 0 Å². The van der Waals surface area contributed by atoms with Gasteiger partial charge in [0.1, 0.15) is 0 Å². The number of hydrogen-bond acceptors (Lipinski definition) is 6. The Hall–Kier alpha value is -2.22. The molecule has 0 spiro atoms. The van der Waals surface area contributed by atoms with Crippen LogP contribution in [0.2, 0.25) is 0 Å². The van der Waals surface area contributed by atoms with Crippen molar-refractivity contribution in [2.24, 2.45) is 0 Å².